The maximum absolute atomic E-state index is 13.2. The van der Waals surface area contributed by atoms with E-state index in [4.69, 9.17) is 0 Å². The molecular weight excluding hydrogens is 477 g/mol. The molecule has 0 saturated heterocycles. The lowest BCUT2D eigenvalue weighted by atomic mass is 10.0. The SMILES string of the molecule is CCn1c(SCC(=O)Nc2cccc3ccccc23)nnc1C(NC(=O)c1ccc(F)cc1)C(C)C. The molecule has 2 N–H and O–H groups in total. The third kappa shape index (κ3) is 5.73. The van der Waals surface area contributed by atoms with E-state index in [2.05, 4.69) is 20.8 Å². The van der Waals surface area contributed by atoms with Crippen LogP contribution >= 0.6 is 11.8 Å². The van der Waals surface area contributed by atoms with Crippen LogP contribution in [0.4, 0.5) is 10.1 Å². The Kier molecular flexibility index (Phi) is 8.00. The minimum atomic E-state index is -0.408. The van der Waals surface area contributed by atoms with Crippen LogP contribution in [0.1, 0.15) is 43.0 Å². The van der Waals surface area contributed by atoms with Gasteiger partial charge in [-0.05, 0) is 48.6 Å². The minimum Gasteiger partial charge on any atom is -0.342 e. The summed E-state index contributed by atoms with van der Waals surface area (Å²) >= 11 is 1.29. The first-order valence-electron chi connectivity index (χ1n) is 11.8. The number of hydrogen-bond donors (Lipinski definition) is 2. The van der Waals surface area contributed by atoms with Gasteiger partial charge >= 0.3 is 0 Å². The van der Waals surface area contributed by atoms with Gasteiger partial charge in [-0.1, -0.05) is 62.0 Å². The number of hydrogen-bond acceptors (Lipinski definition) is 5. The van der Waals surface area contributed by atoms with Crippen LogP contribution in [-0.4, -0.2) is 32.3 Å². The zero-order valence-corrected chi connectivity index (χ0v) is 21.2. The van der Waals surface area contributed by atoms with E-state index >= 15 is 0 Å². The van der Waals surface area contributed by atoms with Crippen molar-refractivity contribution in [1.29, 1.82) is 0 Å². The molecule has 1 atom stereocenters. The second kappa shape index (κ2) is 11.3. The molecule has 0 saturated carbocycles. The number of fused-ring (bicyclic) bond motifs is 1. The number of thioether (sulfide) groups is 1. The largest absolute Gasteiger partial charge is 0.342 e. The fourth-order valence-corrected chi connectivity index (χ4v) is 4.75. The molecule has 3 aromatic carbocycles. The smallest absolute Gasteiger partial charge is 0.251 e. The third-order valence-corrected chi connectivity index (χ3v) is 6.76. The van der Waals surface area contributed by atoms with Crippen LogP contribution in [0.5, 0.6) is 0 Å². The zero-order chi connectivity index (χ0) is 25.7. The normalized spacial score (nSPS) is 12.0. The summed E-state index contributed by atoms with van der Waals surface area (Å²) in [6, 6.07) is 18.7. The number of nitrogens with zero attached hydrogens (tertiary/aromatic N) is 3. The van der Waals surface area contributed by atoms with Crippen LogP contribution in [-0.2, 0) is 11.3 Å². The first-order chi connectivity index (χ1) is 17.4. The first-order valence-corrected chi connectivity index (χ1v) is 12.8. The molecule has 1 aromatic heterocycles. The fourth-order valence-electron chi connectivity index (χ4n) is 3.94. The molecule has 0 aliphatic carbocycles. The summed E-state index contributed by atoms with van der Waals surface area (Å²) in [7, 11) is 0. The molecule has 2 amide bonds. The molecule has 1 unspecified atom stereocenters. The number of benzene rings is 3. The van der Waals surface area contributed by atoms with Gasteiger partial charge in [-0.25, -0.2) is 4.39 Å². The molecule has 7 nitrogen and oxygen atoms in total. The van der Waals surface area contributed by atoms with Crippen LogP contribution in [0, 0.1) is 11.7 Å². The van der Waals surface area contributed by atoms with Crippen molar-refractivity contribution in [2.45, 2.75) is 38.5 Å². The Morgan fingerprint density at radius 1 is 1.00 bits per heavy atom. The Bertz CT molecular complexity index is 1370. The quantitative estimate of drug-likeness (QED) is 0.295. The van der Waals surface area contributed by atoms with Crippen molar-refractivity contribution in [3.63, 3.8) is 0 Å². The minimum absolute atomic E-state index is 0.0245. The van der Waals surface area contributed by atoms with E-state index in [0.29, 0.717) is 23.1 Å². The first kappa shape index (κ1) is 25.4. The predicted octanol–water partition coefficient (Wildman–Crippen LogP) is 5.45. The van der Waals surface area contributed by atoms with Gasteiger partial charge in [-0.15, -0.1) is 10.2 Å². The van der Waals surface area contributed by atoms with Gasteiger partial charge in [-0.2, -0.15) is 0 Å². The number of rotatable bonds is 9. The van der Waals surface area contributed by atoms with Gasteiger partial charge in [0.2, 0.25) is 5.91 Å². The van der Waals surface area contributed by atoms with Gasteiger partial charge < -0.3 is 15.2 Å². The molecule has 186 valence electrons. The van der Waals surface area contributed by atoms with Crippen LogP contribution in [0.25, 0.3) is 10.8 Å². The molecule has 0 bridgehead atoms. The zero-order valence-electron chi connectivity index (χ0n) is 20.4. The van der Waals surface area contributed by atoms with E-state index in [1.54, 1.807) is 0 Å². The lowest BCUT2D eigenvalue weighted by Crippen LogP contribution is -2.33. The van der Waals surface area contributed by atoms with Gasteiger partial charge in [0.05, 0.1) is 11.8 Å². The van der Waals surface area contributed by atoms with E-state index in [1.165, 1.54) is 36.0 Å². The van der Waals surface area contributed by atoms with Crippen LogP contribution in [0.15, 0.2) is 71.9 Å². The van der Waals surface area contributed by atoms with E-state index in [1.807, 2.05) is 67.8 Å². The Morgan fingerprint density at radius 2 is 1.72 bits per heavy atom. The fraction of sp³-hybridized carbons (Fsp3) is 0.259. The Balaban J connectivity index is 1.46. The molecule has 0 fully saturated rings. The maximum Gasteiger partial charge on any atom is 0.251 e. The van der Waals surface area contributed by atoms with E-state index in [9.17, 15) is 14.0 Å². The predicted molar refractivity (Wildman–Crippen MR) is 140 cm³/mol. The van der Waals surface area contributed by atoms with Crippen molar-refractivity contribution in [2.24, 2.45) is 5.92 Å². The number of carbonyl (C=O) groups excluding carboxylic acids is 2. The molecule has 4 aromatic rings. The lowest BCUT2D eigenvalue weighted by molar-refractivity contribution is -0.113. The summed E-state index contributed by atoms with van der Waals surface area (Å²) in [6.45, 7) is 6.50. The molecule has 1 heterocycles. The van der Waals surface area contributed by atoms with E-state index in [0.717, 1.165) is 16.5 Å². The Morgan fingerprint density at radius 3 is 2.44 bits per heavy atom. The summed E-state index contributed by atoms with van der Waals surface area (Å²) < 4.78 is 15.2. The summed E-state index contributed by atoms with van der Waals surface area (Å²) in [5.74, 6) is -0.0629. The number of halogens is 1. The second-order valence-corrected chi connectivity index (χ2v) is 9.59. The maximum atomic E-state index is 13.2. The van der Waals surface area contributed by atoms with Gasteiger partial charge in [0.25, 0.3) is 5.91 Å². The average molecular weight is 506 g/mol. The summed E-state index contributed by atoms with van der Waals surface area (Å²) in [6.07, 6.45) is 0. The van der Waals surface area contributed by atoms with Crippen molar-refractivity contribution in [3.05, 3.63) is 83.9 Å². The molecular formula is C27H28FN5O2S. The summed E-state index contributed by atoms with van der Waals surface area (Å²) in [5, 5.41) is 17.3. The molecule has 9 heteroatoms. The molecule has 4 rings (SSSR count). The van der Waals surface area contributed by atoms with Crippen molar-refractivity contribution < 1.29 is 14.0 Å². The highest BCUT2D eigenvalue weighted by molar-refractivity contribution is 7.99. The molecule has 0 aliphatic rings. The molecule has 0 aliphatic heterocycles. The van der Waals surface area contributed by atoms with Crippen LogP contribution in [0.2, 0.25) is 0 Å². The highest BCUT2D eigenvalue weighted by Crippen LogP contribution is 2.27. The topological polar surface area (TPSA) is 88.9 Å². The number of amides is 2. The Labute approximate surface area is 213 Å². The van der Waals surface area contributed by atoms with Crippen molar-refractivity contribution in [3.8, 4) is 0 Å². The van der Waals surface area contributed by atoms with E-state index in [-0.39, 0.29) is 23.5 Å². The van der Waals surface area contributed by atoms with Gasteiger partial charge in [-0.3, -0.25) is 9.59 Å². The Hall–Kier alpha value is -3.72. The van der Waals surface area contributed by atoms with Crippen LogP contribution < -0.4 is 10.6 Å². The van der Waals surface area contributed by atoms with Gasteiger partial charge in [0.15, 0.2) is 11.0 Å². The number of nitrogens with one attached hydrogen (secondary N) is 2. The summed E-state index contributed by atoms with van der Waals surface area (Å²) in [5.41, 5.74) is 1.13. The molecule has 0 spiro atoms. The third-order valence-electron chi connectivity index (χ3n) is 5.80. The highest BCUT2D eigenvalue weighted by atomic mass is 32.2. The average Bonchev–Trinajstić information content (AvgIpc) is 3.28. The van der Waals surface area contributed by atoms with Gasteiger partial charge in [0, 0.05) is 23.2 Å². The lowest BCUT2D eigenvalue weighted by Gasteiger charge is -2.22. The molecule has 36 heavy (non-hydrogen) atoms. The van der Waals surface area contributed by atoms with Crippen molar-refractivity contribution in [1.82, 2.24) is 20.1 Å². The summed E-state index contributed by atoms with van der Waals surface area (Å²) in [4.78, 5) is 25.5. The van der Waals surface area contributed by atoms with Gasteiger partial charge in [0.1, 0.15) is 5.82 Å². The van der Waals surface area contributed by atoms with E-state index < -0.39 is 11.9 Å². The standard InChI is InChI=1S/C27H28FN5O2S/c1-4-33-25(24(17(2)3)30-26(35)19-12-14-20(28)15-13-19)31-32-27(33)36-16-23(34)29-22-11-7-9-18-8-5-6-10-21(18)22/h5-15,17,24H,4,16H2,1-3H3,(H,29,34)(H,30,35). The monoisotopic (exact) mass is 505 g/mol. The number of anilines is 1. The number of carbonyl (C=O) groups is 2. The van der Waals surface area contributed by atoms with Crippen LogP contribution in [0.3, 0.4) is 0 Å². The second-order valence-electron chi connectivity index (χ2n) is 8.65. The van der Waals surface area contributed by atoms with Crippen molar-refractivity contribution >= 4 is 40.0 Å². The molecule has 0 radical (unpaired) electrons. The number of aromatic nitrogens is 3. The highest BCUT2D eigenvalue weighted by Gasteiger charge is 2.26. The van der Waals surface area contributed by atoms with Crippen molar-refractivity contribution in [2.75, 3.05) is 11.1 Å².